The molecule has 0 radical (unpaired) electrons. The lowest BCUT2D eigenvalue weighted by molar-refractivity contribution is -0.0368. The van der Waals surface area contributed by atoms with Gasteiger partial charge in [-0.05, 0) is 25.0 Å². The van der Waals surface area contributed by atoms with Crippen molar-refractivity contribution in [3.63, 3.8) is 0 Å². The van der Waals surface area contributed by atoms with Gasteiger partial charge < -0.3 is 20.1 Å². The van der Waals surface area contributed by atoms with Crippen LogP contribution in [0.25, 0.3) is 11.2 Å². The van der Waals surface area contributed by atoms with E-state index in [2.05, 4.69) is 56.3 Å². The zero-order valence-electron chi connectivity index (χ0n) is 20.8. The first-order chi connectivity index (χ1) is 19.1. The number of hydrogen-bond acceptors (Lipinski definition) is 12. The maximum Gasteiger partial charge on any atom is 0.386 e. The predicted octanol–water partition coefficient (Wildman–Crippen LogP) is 3.18. The lowest BCUT2D eigenvalue weighted by Gasteiger charge is -2.23. The lowest BCUT2D eigenvalue weighted by atomic mass is 10.2. The molecule has 3 aromatic heterocycles. The van der Waals surface area contributed by atoms with Crippen LogP contribution < -0.4 is 5.73 Å². The normalized spacial score (nSPS) is 27.6. The van der Waals surface area contributed by atoms with Crippen LogP contribution in [0.2, 0.25) is 0 Å². The third kappa shape index (κ3) is 7.63. The molecule has 214 valence electrons. The molecular formula is C22H26N6O8P2S2. The molecule has 0 aliphatic carbocycles. The second-order valence-corrected chi connectivity index (χ2v) is 14.6. The van der Waals surface area contributed by atoms with Crippen molar-refractivity contribution in [3.05, 3.63) is 42.7 Å². The third-order valence-electron chi connectivity index (χ3n) is 6.12. The first-order valence-corrected chi connectivity index (χ1v) is 17.5. The van der Waals surface area contributed by atoms with Crippen LogP contribution in [-0.2, 0) is 32.2 Å². The Kier molecular flexibility index (Phi) is 9.18. The fraction of sp³-hybridized carbons (Fsp3) is 0.455. The Morgan fingerprint density at radius 1 is 1.18 bits per heavy atom. The van der Waals surface area contributed by atoms with E-state index in [9.17, 15) is 14.0 Å². The molecule has 2 saturated heterocycles. The standard InChI is InChI=1S/C22H26N6O8P2S2/c23-21-20-22(26-12-25-21)28(13-27-20)19-8-17(18(35-19)11-32-37(29,30)39)36-38(31,40)33-10-16-6-5-15(34-16)4-3-14-2-1-7-24-9-14/h1-2,7,9,12-13,15-19H,5-6,8,10-11H2,(H,31,40)(H2,23,25,26)(H2,29,30,39)/t15-,16-,17-,18+,19+,38?/m0/s1. The van der Waals surface area contributed by atoms with Gasteiger partial charge in [0.1, 0.15) is 36.4 Å². The minimum atomic E-state index is -4.13. The van der Waals surface area contributed by atoms with Crippen molar-refractivity contribution in [2.45, 2.75) is 49.9 Å². The molecule has 5 heterocycles. The number of hydrogen-bond donors (Lipinski definition) is 4. The van der Waals surface area contributed by atoms with E-state index in [0.29, 0.717) is 24.0 Å². The van der Waals surface area contributed by atoms with Gasteiger partial charge in [0.25, 0.3) is 0 Å². The zero-order chi connectivity index (χ0) is 28.3. The summed E-state index contributed by atoms with van der Waals surface area (Å²) in [4.78, 5) is 25.9. The second-order valence-electron chi connectivity index (χ2n) is 8.98. The van der Waals surface area contributed by atoms with Gasteiger partial charge >= 0.3 is 13.6 Å². The summed E-state index contributed by atoms with van der Waals surface area (Å²) < 4.78 is 54.5. The fourth-order valence-corrected chi connectivity index (χ4v) is 6.38. The molecule has 2 unspecified atom stereocenters. The highest BCUT2D eigenvalue weighted by Crippen LogP contribution is 2.57. The Balaban J connectivity index is 1.21. The Bertz CT molecular complexity index is 1500. The highest BCUT2D eigenvalue weighted by molar-refractivity contribution is 8.44. The van der Waals surface area contributed by atoms with Gasteiger partial charge in [0.05, 0.1) is 25.6 Å². The number of nitrogen functional groups attached to an aromatic ring is 1. The molecule has 0 spiro atoms. The number of aromatic nitrogens is 5. The Labute approximate surface area is 239 Å². The zero-order valence-corrected chi connectivity index (χ0v) is 24.4. The summed E-state index contributed by atoms with van der Waals surface area (Å²) in [7, 11) is 0. The molecule has 3 N–H and O–H groups in total. The van der Waals surface area contributed by atoms with Gasteiger partial charge in [-0.15, -0.1) is 0 Å². The van der Waals surface area contributed by atoms with Crippen LogP contribution in [0.1, 0.15) is 31.1 Å². The summed E-state index contributed by atoms with van der Waals surface area (Å²) in [6.07, 6.45) is 4.41. The minimum Gasteiger partial charge on any atom is -0.382 e. The van der Waals surface area contributed by atoms with E-state index in [4.69, 9.17) is 28.8 Å². The molecule has 0 aromatic carbocycles. The van der Waals surface area contributed by atoms with E-state index >= 15 is 0 Å². The van der Waals surface area contributed by atoms with E-state index in [1.54, 1.807) is 23.0 Å². The number of ether oxygens (including phenoxy) is 2. The van der Waals surface area contributed by atoms with E-state index in [1.807, 2.05) is 6.07 Å². The molecule has 3 aromatic rings. The number of nitrogens with two attached hydrogens (primary N) is 1. The maximum atomic E-state index is 13.2. The monoisotopic (exact) mass is 628 g/mol. The third-order valence-corrected chi connectivity index (χ3v) is 8.60. The van der Waals surface area contributed by atoms with Crippen molar-refractivity contribution < 1.29 is 37.1 Å². The number of rotatable bonds is 9. The molecule has 0 amide bonds. The van der Waals surface area contributed by atoms with Gasteiger partial charge in [-0.2, -0.15) is 0 Å². The van der Waals surface area contributed by atoms with Crippen LogP contribution in [0.3, 0.4) is 0 Å². The number of anilines is 1. The second kappa shape index (κ2) is 12.5. The first-order valence-electron chi connectivity index (χ1n) is 12.1. The minimum absolute atomic E-state index is 0.0329. The van der Waals surface area contributed by atoms with Crippen LogP contribution >= 0.6 is 38.1 Å². The molecule has 2 aliphatic heterocycles. The molecule has 0 bridgehead atoms. The number of pyridine rings is 1. The van der Waals surface area contributed by atoms with Crippen LogP contribution in [0.15, 0.2) is 37.2 Å². The molecule has 2 aliphatic rings. The molecule has 7 atom stereocenters. The molecule has 18 heteroatoms. The quantitative estimate of drug-likeness (QED) is 0.154. The summed E-state index contributed by atoms with van der Waals surface area (Å²) in [6, 6.07) is 3.66. The van der Waals surface area contributed by atoms with E-state index in [1.165, 1.54) is 12.7 Å². The van der Waals surface area contributed by atoms with Crippen LogP contribution in [0, 0.1) is 11.8 Å². The van der Waals surface area contributed by atoms with E-state index < -0.39 is 32.0 Å². The van der Waals surface area contributed by atoms with Crippen LogP contribution in [0.4, 0.5) is 5.82 Å². The summed E-state index contributed by atoms with van der Waals surface area (Å²) in [5.41, 5.74) is 7.44. The van der Waals surface area contributed by atoms with Gasteiger partial charge in [-0.1, -0.05) is 36.3 Å². The number of fused-ring (bicyclic) bond motifs is 1. The van der Waals surface area contributed by atoms with Crippen molar-refractivity contribution in [3.8, 4) is 11.8 Å². The summed E-state index contributed by atoms with van der Waals surface area (Å²) in [5, 5.41) is 0. The topological polar surface area (TPSA) is 183 Å². The van der Waals surface area contributed by atoms with Gasteiger partial charge in [-0.3, -0.25) is 23.1 Å². The fourth-order valence-electron chi connectivity index (χ4n) is 4.30. The largest absolute Gasteiger partial charge is 0.386 e. The number of nitrogens with zero attached hydrogens (tertiary/aromatic N) is 5. The van der Waals surface area contributed by atoms with Crippen molar-refractivity contribution in [1.82, 2.24) is 24.5 Å². The average Bonchev–Trinajstić information content (AvgIpc) is 3.64. The smallest absolute Gasteiger partial charge is 0.382 e. The highest BCUT2D eigenvalue weighted by atomic mass is 32.7. The lowest BCUT2D eigenvalue weighted by Crippen LogP contribution is -2.28. The molecular weight excluding hydrogens is 602 g/mol. The molecule has 14 nitrogen and oxygen atoms in total. The van der Waals surface area contributed by atoms with Gasteiger partial charge in [0.2, 0.25) is 0 Å². The summed E-state index contributed by atoms with van der Waals surface area (Å²) >= 11 is 7.67. The van der Waals surface area contributed by atoms with Crippen molar-refractivity contribution >= 4 is 55.1 Å². The maximum absolute atomic E-state index is 13.2. The van der Waals surface area contributed by atoms with Crippen LogP contribution in [-0.4, -0.2) is 67.0 Å². The van der Waals surface area contributed by atoms with Gasteiger partial charge in [-0.25, -0.2) is 24.1 Å². The van der Waals surface area contributed by atoms with Crippen LogP contribution in [0.5, 0.6) is 0 Å². The van der Waals surface area contributed by atoms with Gasteiger partial charge in [0, 0.05) is 24.4 Å². The SMILES string of the molecule is Nc1ncnc2c1ncn2[C@H]1C[C@H](OP(=O)(S)OC[C@@H]2CC[C@H](C#Cc3cccnc3)O2)[C@@H](COP(=O)(O)S)O1. The predicted molar refractivity (Wildman–Crippen MR) is 149 cm³/mol. The number of imidazole rings is 1. The molecule has 2 fully saturated rings. The number of thiol groups is 2. The van der Waals surface area contributed by atoms with Crippen molar-refractivity contribution in [2.24, 2.45) is 0 Å². The Hall–Kier alpha value is -2.02. The van der Waals surface area contributed by atoms with E-state index in [0.717, 1.165) is 5.56 Å². The Morgan fingerprint density at radius 3 is 2.80 bits per heavy atom. The molecule has 5 rings (SSSR count). The summed E-state index contributed by atoms with van der Waals surface area (Å²) in [6.45, 7) is -8.46. The summed E-state index contributed by atoms with van der Waals surface area (Å²) in [5.74, 6) is 6.27. The first kappa shape index (κ1) is 29.5. The highest BCUT2D eigenvalue weighted by Gasteiger charge is 2.43. The van der Waals surface area contributed by atoms with Gasteiger partial charge in [0.15, 0.2) is 11.5 Å². The van der Waals surface area contributed by atoms with E-state index in [-0.39, 0.29) is 37.7 Å². The molecule has 40 heavy (non-hydrogen) atoms. The average molecular weight is 629 g/mol. The Morgan fingerprint density at radius 2 is 2.02 bits per heavy atom. The van der Waals surface area contributed by atoms with Crippen molar-refractivity contribution in [2.75, 3.05) is 18.9 Å². The van der Waals surface area contributed by atoms with Crippen molar-refractivity contribution in [1.29, 1.82) is 0 Å². The molecule has 0 saturated carbocycles.